The lowest BCUT2D eigenvalue weighted by molar-refractivity contribution is 0.284. The zero-order chi connectivity index (χ0) is 29.9. The van der Waals surface area contributed by atoms with Crippen molar-refractivity contribution in [2.45, 2.75) is 80.1 Å². The molecule has 0 fully saturated rings. The van der Waals surface area contributed by atoms with E-state index in [2.05, 4.69) is 95.5 Å². The summed E-state index contributed by atoms with van der Waals surface area (Å²) in [6.45, 7) is 17.1. The highest BCUT2D eigenvalue weighted by Gasteiger charge is 2.30. The van der Waals surface area contributed by atoms with Crippen molar-refractivity contribution >= 4 is 21.8 Å². The number of halogens is 1. The van der Waals surface area contributed by atoms with Crippen LogP contribution in [-0.2, 0) is 18.3 Å². The van der Waals surface area contributed by atoms with Crippen LogP contribution < -0.4 is 0 Å². The lowest BCUT2D eigenvalue weighted by atomic mass is 9.71. The summed E-state index contributed by atoms with van der Waals surface area (Å²) in [7, 11) is 0. The van der Waals surface area contributed by atoms with Crippen LogP contribution in [0, 0.1) is 18.2 Å². The molecular weight excluding hydrogens is 509 g/mol. The van der Waals surface area contributed by atoms with Crippen LogP contribution in [0.1, 0.15) is 77.1 Å². The van der Waals surface area contributed by atoms with Gasteiger partial charge < -0.3 is 14.8 Å². The molecule has 4 aromatic carbocycles. The molecular formula is C37H42FNO2. The number of aromatic hydroxyl groups is 2. The van der Waals surface area contributed by atoms with E-state index >= 15 is 0 Å². The van der Waals surface area contributed by atoms with Crippen molar-refractivity contribution in [3.05, 3.63) is 88.7 Å². The summed E-state index contributed by atoms with van der Waals surface area (Å²) in [5.41, 5.74) is 7.02. The third kappa shape index (κ3) is 5.21. The van der Waals surface area contributed by atoms with Gasteiger partial charge in [-0.3, -0.25) is 0 Å². The molecule has 1 heterocycles. The average Bonchev–Trinajstić information content (AvgIpc) is 3.22. The van der Waals surface area contributed by atoms with Crippen molar-refractivity contribution < 1.29 is 14.6 Å². The van der Waals surface area contributed by atoms with E-state index in [0.29, 0.717) is 22.4 Å². The summed E-state index contributed by atoms with van der Waals surface area (Å²) in [6.07, 6.45) is 2.68. The van der Waals surface area contributed by atoms with Crippen LogP contribution in [0.4, 0.5) is 4.39 Å². The molecule has 3 nitrogen and oxygen atoms in total. The number of aryl methyl sites for hydroxylation is 3. The van der Waals surface area contributed by atoms with Gasteiger partial charge in [0.25, 0.3) is 0 Å². The van der Waals surface area contributed by atoms with Crippen LogP contribution in [0.2, 0.25) is 0 Å². The van der Waals surface area contributed by atoms with Crippen molar-refractivity contribution in [1.82, 2.24) is 4.57 Å². The van der Waals surface area contributed by atoms with Gasteiger partial charge in [0.2, 0.25) is 0 Å². The molecule has 0 bridgehead atoms. The number of phenols is 2. The number of aromatic nitrogens is 1. The molecule has 0 unspecified atom stereocenters. The molecule has 5 rings (SSSR count). The molecule has 0 radical (unpaired) electrons. The minimum Gasteiger partial charge on any atom is -0.507 e. The Hall–Kier alpha value is -3.79. The maximum Gasteiger partial charge on any atom is 0.147 e. The van der Waals surface area contributed by atoms with Crippen molar-refractivity contribution in [2.75, 3.05) is 0 Å². The van der Waals surface area contributed by atoms with E-state index in [1.807, 2.05) is 6.07 Å². The van der Waals surface area contributed by atoms with Crippen LogP contribution in [0.15, 0.2) is 60.7 Å². The molecule has 2 N–H and O–H groups in total. The fraction of sp³-hybridized carbons (Fsp3) is 0.351. The number of rotatable bonds is 6. The van der Waals surface area contributed by atoms with Crippen LogP contribution in [0.25, 0.3) is 38.6 Å². The SMILES string of the molecule is CCc1ccc2c3ccc(CC)cc3n(-c3cc(C(C)(C)CC(C)(C)C)cc(-c4cc(F)cc(C)c4O)c3O)c2c1. The predicted molar refractivity (Wildman–Crippen MR) is 170 cm³/mol. The Morgan fingerprint density at radius 1 is 0.707 bits per heavy atom. The van der Waals surface area contributed by atoms with Crippen LogP contribution in [0.3, 0.4) is 0 Å². The number of fused-ring (bicyclic) bond motifs is 3. The van der Waals surface area contributed by atoms with E-state index in [4.69, 9.17) is 0 Å². The highest BCUT2D eigenvalue weighted by molar-refractivity contribution is 6.10. The third-order valence-electron chi connectivity index (χ3n) is 8.35. The Labute approximate surface area is 243 Å². The van der Waals surface area contributed by atoms with Gasteiger partial charge in [-0.25, -0.2) is 4.39 Å². The molecule has 0 aliphatic carbocycles. The van der Waals surface area contributed by atoms with Gasteiger partial charge in [0.05, 0.1) is 16.7 Å². The maximum absolute atomic E-state index is 14.7. The van der Waals surface area contributed by atoms with Gasteiger partial charge >= 0.3 is 0 Å². The van der Waals surface area contributed by atoms with Gasteiger partial charge in [-0.05, 0) is 95.7 Å². The van der Waals surface area contributed by atoms with Gasteiger partial charge in [0.15, 0.2) is 0 Å². The van der Waals surface area contributed by atoms with Gasteiger partial charge in [-0.15, -0.1) is 0 Å². The largest absolute Gasteiger partial charge is 0.507 e. The van der Waals surface area contributed by atoms with Crippen LogP contribution in [0.5, 0.6) is 11.5 Å². The van der Waals surface area contributed by atoms with Crippen molar-refractivity contribution in [1.29, 1.82) is 0 Å². The number of phenolic OH excluding ortho intramolecular Hbond substituents is 2. The molecule has 1 aromatic heterocycles. The first-order valence-electron chi connectivity index (χ1n) is 14.7. The molecule has 214 valence electrons. The minimum absolute atomic E-state index is 0.0169. The van der Waals surface area contributed by atoms with Gasteiger partial charge in [0.1, 0.15) is 17.3 Å². The summed E-state index contributed by atoms with van der Waals surface area (Å²) < 4.78 is 16.9. The fourth-order valence-electron chi connectivity index (χ4n) is 6.56. The monoisotopic (exact) mass is 551 g/mol. The van der Waals surface area contributed by atoms with Crippen LogP contribution >= 0.6 is 0 Å². The molecule has 41 heavy (non-hydrogen) atoms. The van der Waals surface area contributed by atoms with Gasteiger partial charge in [-0.2, -0.15) is 0 Å². The van der Waals surface area contributed by atoms with E-state index < -0.39 is 5.82 Å². The molecule has 4 heteroatoms. The van der Waals surface area contributed by atoms with Crippen molar-refractivity contribution in [2.24, 2.45) is 5.41 Å². The number of benzene rings is 4. The van der Waals surface area contributed by atoms with Gasteiger partial charge in [0, 0.05) is 21.9 Å². The Bertz CT molecular complexity index is 1720. The molecule has 0 saturated carbocycles. The van der Waals surface area contributed by atoms with E-state index in [9.17, 15) is 14.6 Å². The molecule has 0 aliphatic heterocycles. The summed E-state index contributed by atoms with van der Waals surface area (Å²) in [4.78, 5) is 0. The number of nitrogens with zero attached hydrogens (tertiary/aromatic N) is 1. The standard InChI is InChI=1S/C37H42FNO2/c1-9-23-11-13-27-28-14-12-24(10-2)17-32(28)39(31(27)16-23)33-19-25(37(7,8)21-36(4,5)6)18-29(35(33)41)30-20-26(38)15-22(3)34(30)40/h11-20,40-41H,9-10,21H2,1-8H3. The second-order valence-electron chi connectivity index (χ2n) is 13.4. The molecule has 0 aliphatic rings. The summed E-state index contributed by atoms with van der Waals surface area (Å²) in [5, 5.41) is 25.4. The summed E-state index contributed by atoms with van der Waals surface area (Å²) in [6, 6.07) is 19.7. The minimum atomic E-state index is -0.451. The Balaban J connectivity index is 1.95. The maximum atomic E-state index is 14.7. The molecule has 0 spiro atoms. The van der Waals surface area contributed by atoms with E-state index in [0.717, 1.165) is 46.6 Å². The molecule has 5 aromatic rings. The lowest BCUT2D eigenvalue weighted by Gasteiger charge is -2.34. The van der Waals surface area contributed by atoms with E-state index in [-0.39, 0.29) is 22.3 Å². The normalized spacial score (nSPS) is 12.5. The predicted octanol–water partition coefficient (Wildman–Crippen LogP) is 10.1. The molecule has 0 atom stereocenters. The average molecular weight is 552 g/mol. The Morgan fingerprint density at radius 2 is 1.24 bits per heavy atom. The Kier molecular flexibility index (Phi) is 7.18. The third-order valence-corrected chi connectivity index (χ3v) is 8.35. The topological polar surface area (TPSA) is 45.4 Å². The zero-order valence-corrected chi connectivity index (χ0v) is 25.6. The molecule has 0 saturated heterocycles. The summed E-state index contributed by atoms with van der Waals surface area (Å²) >= 11 is 0. The van der Waals surface area contributed by atoms with E-state index in [1.54, 1.807) is 6.92 Å². The highest BCUT2D eigenvalue weighted by atomic mass is 19.1. The quantitative estimate of drug-likeness (QED) is 0.220. The zero-order valence-electron chi connectivity index (χ0n) is 25.6. The number of hydrogen-bond acceptors (Lipinski definition) is 2. The smallest absolute Gasteiger partial charge is 0.147 e. The second kappa shape index (κ2) is 10.2. The first-order valence-corrected chi connectivity index (χ1v) is 14.7. The van der Waals surface area contributed by atoms with Crippen molar-refractivity contribution in [3.63, 3.8) is 0 Å². The van der Waals surface area contributed by atoms with E-state index in [1.165, 1.54) is 23.3 Å². The first-order chi connectivity index (χ1) is 19.2. The van der Waals surface area contributed by atoms with Gasteiger partial charge in [-0.1, -0.05) is 72.7 Å². The number of hydrogen-bond donors (Lipinski definition) is 2. The Morgan fingerprint density at radius 3 is 1.76 bits per heavy atom. The second-order valence-corrected chi connectivity index (χ2v) is 13.4. The fourth-order valence-corrected chi connectivity index (χ4v) is 6.56. The van der Waals surface area contributed by atoms with Crippen molar-refractivity contribution in [3.8, 4) is 28.3 Å². The first kappa shape index (κ1) is 28.7. The molecule has 0 amide bonds. The lowest BCUT2D eigenvalue weighted by Crippen LogP contribution is -2.25. The highest BCUT2D eigenvalue weighted by Crippen LogP contribution is 2.47. The van der Waals surface area contributed by atoms with Crippen LogP contribution in [-0.4, -0.2) is 14.8 Å². The summed E-state index contributed by atoms with van der Waals surface area (Å²) in [5.74, 6) is -0.460.